The van der Waals surface area contributed by atoms with Crippen LogP contribution in [0.4, 0.5) is 0 Å². The van der Waals surface area contributed by atoms with E-state index in [1.54, 1.807) is 29.0 Å². The van der Waals surface area contributed by atoms with Crippen LogP contribution in [-0.2, 0) is 0 Å². The summed E-state index contributed by atoms with van der Waals surface area (Å²) < 4.78 is 7.26. The van der Waals surface area contributed by atoms with Crippen LogP contribution in [0.5, 0.6) is 5.88 Å². The van der Waals surface area contributed by atoms with Gasteiger partial charge in [-0.1, -0.05) is 0 Å². The summed E-state index contributed by atoms with van der Waals surface area (Å²) in [5, 5.41) is 4.18. The molecule has 1 fully saturated rings. The van der Waals surface area contributed by atoms with Crippen molar-refractivity contribution in [3.63, 3.8) is 0 Å². The van der Waals surface area contributed by atoms with Crippen LogP contribution >= 0.6 is 0 Å². The van der Waals surface area contributed by atoms with E-state index in [-0.39, 0.29) is 5.91 Å². The standard InChI is InChI=1S/C19H21N5O2/c1-2-26-18-15(4-3-9-20-18)19(25)23-11-6-14(7-12-23)16-8-13-24-17(22-16)5-10-21-24/h3-5,8-10,13-14H,2,6-7,11-12H2,1H3. The highest BCUT2D eigenvalue weighted by molar-refractivity contribution is 5.96. The number of nitrogens with zero attached hydrogens (tertiary/aromatic N) is 5. The fourth-order valence-electron chi connectivity index (χ4n) is 3.41. The van der Waals surface area contributed by atoms with Crippen LogP contribution in [-0.4, -0.2) is 50.1 Å². The SMILES string of the molecule is CCOc1ncccc1C(=O)N1CCC(c2ccn3nccc3n2)CC1. The minimum atomic E-state index is -0.0146. The molecule has 0 radical (unpaired) electrons. The van der Waals surface area contributed by atoms with E-state index in [0.29, 0.717) is 37.1 Å². The highest BCUT2D eigenvalue weighted by atomic mass is 16.5. The number of carbonyl (C=O) groups is 1. The molecule has 1 aliphatic rings. The third kappa shape index (κ3) is 3.12. The first-order valence-electron chi connectivity index (χ1n) is 8.93. The molecule has 0 spiro atoms. The van der Waals surface area contributed by atoms with Crippen molar-refractivity contribution in [1.82, 2.24) is 24.5 Å². The average molecular weight is 351 g/mol. The zero-order valence-corrected chi connectivity index (χ0v) is 14.7. The van der Waals surface area contributed by atoms with E-state index in [0.717, 1.165) is 24.2 Å². The zero-order chi connectivity index (χ0) is 17.9. The van der Waals surface area contributed by atoms with Crippen LogP contribution in [0.15, 0.2) is 42.9 Å². The molecule has 7 heteroatoms. The third-order valence-electron chi connectivity index (χ3n) is 4.76. The summed E-state index contributed by atoms with van der Waals surface area (Å²) in [5.41, 5.74) is 2.46. The van der Waals surface area contributed by atoms with Gasteiger partial charge in [0.2, 0.25) is 5.88 Å². The number of pyridine rings is 1. The number of rotatable bonds is 4. The lowest BCUT2D eigenvalue weighted by Gasteiger charge is -2.32. The Balaban J connectivity index is 1.45. The molecule has 1 aliphatic heterocycles. The van der Waals surface area contributed by atoms with Crippen molar-refractivity contribution in [2.45, 2.75) is 25.7 Å². The fourth-order valence-corrected chi connectivity index (χ4v) is 3.41. The zero-order valence-electron chi connectivity index (χ0n) is 14.7. The molecule has 26 heavy (non-hydrogen) atoms. The Hall–Kier alpha value is -2.96. The molecule has 0 aliphatic carbocycles. The van der Waals surface area contributed by atoms with Gasteiger partial charge < -0.3 is 9.64 Å². The number of amides is 1. The molecule has 3 aromatic heterocycles. The molecule has 0 unspecified atom stereocenters. The van der Waals surface area contributed by atoms with Crippen molar-refractivity contribution in [2.75, 3.05) is 19.7 Å². The predicted octanol–water partition coefficient (Wildman–Crippen LogP) is 2.54. The van der Waals surface area contributed by atoms with Crippen molar-refractivity contribution in [2.24, 2.45) is 0 Å². The number of likely N-dealkylation sites (tertiary alicyclic amines) is 1. The van der Waals surface area contributed by atoms with Gasteiger partial charge >= 0.3 is 0 Å². The van der Waals surface area contributed by atoms with E-state index in [9.17, 15) is 4.79 Å². The van der Waals surface area contributed by atoms with Crippen molar-refractivity contribution < 1.29 is 9.53 Å². The van der Waals surface area contributed by atoms with Gasteiger partial charge in [-0.2, -0.15) is 5.10 Å². The normalized spacial score (nSPS) is 15.3. The molecule has 3 aromatic rings. The topological polar surface area (TPSA) is 72.6 Å². The maximum absolute atomic E-state index is 12.9. The number of hydrogen-bond acceptors (Lipinski definition) is 5. The molecule has 0 bridgehead atoms. The number of aromatic nitrogens is 4. The van der Waals surface area contributed by atoms with Crippen LogP contribution in [0.25, 0.3) is 5.65 Å². The first-order valence-corrected chi connectivity index (χ1v) is 8.93. The van der Waals surface area contributed by atoms with E-state index in [1.807, 2.05) is 30.2 Å². The minimum absolute atomic E-state index is 0.0146. The second-order valence-corrected chi connectivity index (χ2v) is 6.34. The summed E-state index contributed by atoms with van der Waals surface area (Å²) >= 11 is 0. The van der Waals surface area contributed by atoms with Gasteiger partial charge in [0, 0.05) is 43.2 Å². The van der Waals surface area contributed by atoms with Gasteiger partial charge in [0.1, 0.15) is 5.56 Å². The molecule has 1 saturated heterocycles. The van der Waals surface area contributed by atoms with Crippen LogP contribution in [0.3, 0.4) is 0 Å². The van der Waals surface area contributed by atoms with Crippen LogP contribution in [0.1, 0.15) is 41.7 Å². The van der Waals surface area contributed by atoms with Gasteiger partial charge in [-0.05, 0) is 38.0 Å². The van der Waals surface area contributed by atoms with Crippen molar-refractivity contribution >= 4 is 11.6 Å². The lowest BCUT2D eigenvalue weighted by atomic mass is 9.93. The first-order chi connectivity index (χ1) is 12.8. The van der Waals surface area contributed by atoms with Gasteiger partial charge in [-0.25, -0.2) is 14.5 Å². The quantitative estimate of drug-likeness (QED) is 0.722. The Labute approximate surface area is 151 Å². The molecule has 0 aromatic carbocycles. The van der Waals surface area contributed by atoms with Crippen molar-refractivity contribution in [1.29, 1.82) is 0 Å². The van der Waals surface area contributed by atoms with E-state index >= 15 is 0 Å². The average Bonchev–Trinajstić information content (AvgIpc) is 3.16. The number of ether oxygens (including phenoxy) is 1. The molecule has 4 rings (SSSR count). The summed E-state index contributed by atoms with van der Waals surface area (Å²) in [6, 6.07) is 7.48. The largest absolute Gasteiger partial charge is 0.477 e. The van der Waals surface area contributed by atoms with Crippen molar-refractivity contribution in [3.05, 3.63) is 54.1 Å². The molecule has 7 nitrogen and oxygen atoms in total. The van der Waals surface area contributed by atoms with Crippen molar-refractivity contribution in [3.8, 4) is 5.88 Å². The predicted molar refractivity (Wildman–Crippen MR) is 96.3 cm³/mol. The van der Waals surface area contributed by atoms with Gasteiger partial charge in [-0.3, -0.25) is 4.79 Å². The molecular formula is C19H21N5O2. The lowest BCUT2D eigenvalue weighted by Crippen LogP contribution is -2.38. The highest BCUT2D eigenvalue weighted by Crippen LogP contribution is 2.28. The number of hydrogen-bond donors (Lipinski definition) is 0. The van der Waals surface area contributed by atoms with Gasteiger partial charge in [0.25, 0.3) is 5.91 Å². The molecule has 134 valence electrons. The smallest absolute Gasteiger partial charge is 0.259 e. The van der Waals surface area contributed by atoms with E-state index < -0.39 is 0 Å². The summed E-state index contributed by atoms with van der Waals surface area (Å²) in [4.78, 5) is 23.6. The Morgan fingerprint density at radius 1 is 1.23 bits per heavy atom. The molecule has 0 N–H and O–H groups in total. The van der Waals surface area contributed by atoms with E-state index in [1.165, 1.54) is 0 Å². The maximum atomic E-state index is 12.9. The van der Waals surface area contributed by atoms with Crippen LogP contribution in [0.2, 0.25) is 0 Å². The second-order valence-electron chi connectivity index (χ2n) is 6.34. The number of piperidine rings is 1. The monoisotopic (exact) mass is 351 g/mol. The first kappa shape index (κ1) is 16.5. The Bertz CT molecular complexity index is 915. The van der Waals surface area contributed by atoms with E-state index in [4.69, 9.17) is 9.72 Å². The molecule has 0 saturated carbocycles. The van der Waals surface area contributed by atoms with Gasteiger partial charge in [0.05, 0.1) is 12.8 Å². The lowest BCUT2D eigenvalue weighted by molar-refractivity contribution is 0.0707. The summed E-state index contributed by atoms with van der Waals surface area (Å²) in [5.74, 6) is 0.758. The van der Waals surface area contributed by atoms with Gasteiger partial charge in [0.15, 0.2) is 5.65 Å². The summed E-state index contributed by atoms with van der Waals surface area (Å²) in [6.07, 6.45) is 7.13. The molecular weight excluding hydrogens is 330 g/mol. The maximum Gasteiger partial charge on any atom is 0.259 e. The molecule has 0 atom stereocenters. The Morgan fingerprint density at radius 3 is 2.88 bits per heavy atom. The Morgan fingerprint density at radius 2 is 2.08 bits per heavy atom. The summed E-state index contributed by atoms with van der Waals surface area (Å²) in [6.45, 7) is 3.78. The number of fused-ring (bicyclic) bond motifs is 1. The molecule has 1 amide bonds. The van der Waals surface area contributed by atoms with Crippen LogP contribution in [0, 0.1) is 0 Å². The highest BCUT2D eigenvalue weighted by Gasteiger charge is 2.27. The number of carbonyl (C=O) groups excluding carboxylic acids is 1. The molecule has 4 heterocycles. The van der Waals surface area contributed by atoms with Crippen LogP contribution < -0.4 is 4.74 Å². The minimum Gasteiger partial charge on any atom is -0.477 e. The fraction of sp³-hybridized carbons (Fsp3) is 0.368. The Kier molecular flexibility index (Phi) is 4.51. The second kappa shape index (κ2) is 7.11. The third-order valence-corrected chi connectivity index (χ3v) is 4.76. The van der Waals surface area contributed by atoms with E-state index in [2.05, 4.69) is 10.1 Å². The van der Waals surface area contributed by atoms with Gasteiger partial charge in [-0.15, -0.1) is 0 Å². The summed E-state index contributed by atoms with van der Waals surface area (Å²) in [7, 11) is 0.